The first-order valence-electron chi connectivity index (χ1n) is 9.80. The Morgan fingerprint density at radius 1 is 0.586 bits per heavy atom. The fourth-order valence-electron chi connectivity index (χ4n) is 2.04. The van der Waals surface area contributed by atoms with Crippen molar-refractivity contribution in [3.8, 4) is 5.75 Å². The second kappa shape index (κ2) is 20.0. The molecule has 0 aliphatic heterocycles. The Labute approximate surface area is 172 Å². The van der Waals surface area contributed by atoms with E-state index in [-0.39, 0.29) is 13.2 Å². The third-order valence-corrected chi connectivity index (χ3v) is 3.37. The molecule has 0 aliphatic rings. The molecule has 0 spiro atoms. The van der Waals surface area contributed by atoms with Gasteiger partial charge in [-0.05, 0) is 12.1 Å². The van der Waals surface area contributed by atoms with Crippen LogP contribution in [0.1, 0.15) is 0 Å². The van der Waals surface area contributed by atoms with Crippen LogP contribution in [-0.2, 0) is 28.4 Å². The molecule has 1 unspecified atom stereocenters. The van der Waals surface area contributed by atoms with E-state index in [0.29, 0.717) is 78.4 Å². The molecule has 0 radical (unpaired) electrons. The number of para-hydroxylation sites is 1. The number of hydrogen-bond acceptors (Lipinski definition) is 9. The van der Waals surface area contributed by atoms with Crippen LogP contribution in [-0.4, -0.2) is 102 Å². The van der Waals surface area contributed by atoms with Gasteiger partial charge in [-0.3, -0.25) is 0 Å². The average molecular weight is 418 g/mol. The second-order valence-electron chi connectivity index (χ2n) is 5.75. The maximum Gasteiger partial charge on any atom is 0.221 e. The van der Waals surface area contributed by atoms with Crippen LogP contribution in [0.3, 0.4) is 0 Å². The van der Waals surface area contributed by atoms with Crippen LogP contribution >= 0.6 is 0 Å². The summed E-state index contributed by atoms with van der Waals surface area (Å²) >= 11 is 0. The van der Waals surface area contributed by atoms with Gasteiger partial charge in [0.15, 0.2) is 0 Å². The summed E-state index contributed by atoms with van der Waals surface area (Å²) < 4.78 is 37.0. The van der Waals surface area contributed by atoms with Crippen LogP contribution in [0.15, 0.2) is 30.3 Å². The van der Waals surface area contributed by atoms with Crippen molar-refractivity contribution in [2.24, 2.45) is 0 Å². The summed E-state index contributed by atoms with van der Waals surface area (Å²) in [5, 5.41) is 18.2. The molecular weight excluding hydrogens is 384 g/mol. The summed E-state index contributed by atoms with van der Waals surface area (Å²) in [6, 6.07) is 9.07. The zero-order valence-corrected chi connectivity index (χ0v) is 16.9. The van der Waals surface area contributed by atoms with E-state index in [9.17, 15) is 5.11 Å². The van der Waals surface area contributed by atoms with Gasteiger partial charge in [-0.2, -0.15) is 0 Å². The van der Waals surface area contributed by atoms with Crippen LogP contribution in [0, 0.1) is 0 Å². The van der Waals surface area contributed by atoms with Gasteiger partial charge in [0, 0.05) is 0 Å². The number of hydrogen-bond donors (Lipinski definition) is 2. The largest absolute Gasteiger partial charge is 0.463 e. The number of benzene rings is 1. The minimum absolute atomic E-state index is 0.0245. The predicted molar refractivity (Wildman–Crippen MR) is 105 cm³/mol. The third-order valence-electron chi connectivity index (χ3n) is 3.37. The molecule has 1 atom stereocenters. The molecule has 9 nitrogen and oxygen atoms in total. The first kappa shape index (κ1) is 25.7. The Bertz CT molecular complexity index is 447. The fraction of sp³-hybridized carbons (Fsp3) is 0.700. The summed E-state index contributed by atoms with van der Waals surface area (Å²) in [7, 11) is 0. The molecule has 0 saturated carbocycles. The highest BCUT2D eigenvalue weighted by atomic mass is 16.6. The van der Waals surface area contributed by atoms with Gasteiger partial charge in [-0.15, -0.1) is 0 Å². The van der Waals surface area contributed by atoms with Crippen molar-refractivity contribution in [1.82, 2.24) is 0 Å². The van der Waals surface area contributed by atoms with Crippen molar-refractivity contribution in [2.75, 3.05) is 85.9 Å². The van der Waals surface area contributed by atoms with Crippen molar-refractivity contribution < 1.29 is 43.4 Å². The molecule has 1 rings (SSSR count). The highest BCUT2D eigenvalue weighted by molar-refractivity contribution is 5.20. The van der Waals surface area contributed by atoms with Gasteiger partial charge in [0.25, 0.3) is 0 Å². The lowest BCUT2D eigenvalue weighted by Crippen LogP contribution is -2.23. The Balaban J connectivity index is 1.73. The lowest BCUT2D eigenvalue weighted by Gasteiger charge is -2.13. The molecular formula is C20H34O9. The average Bonchev–Trinajstić information content (AvgIpc) is 2.73. The van der Waals surface area contributed by atoms with Crippen molar-refractivity contribution in [3.05, 3.63) is 30.3 Å². The summed E-state index contributed by atoms with van der Waals surface area (Å²) in [5.41, 5.74) is 0. The molecule has 2 N–H and O–H groups in total. The zero-order chi connectivity index (χ0) is 20.8. The highest BCUT2D eigenvalue weighted by Gasteiger charge is 2.05. The smallest absolute Gasteiger partial charge is 0.221 e. The molecule has 29 heavy (non-hydrogen) atoms. The Hall–Kier alpha value is -1.30. The summed E-state index contributed by atoms with van der Waals surface area (Å²) in [6.07, 6.45) is -1.01. The van der Waals surface area contributed by atoms with E-state index < -0.39 is 6.29 Å². The molecule has 168 valence electrons. The lowest BCUT2D eigenvalue weighted by molar-refractivity contribution is -0.0860. The molecule has 1 aromatic rings. The molecule has 0 aromatic heterocycles. The van der Waals surface area contributed by atoms with Gasteiger partial charge in [-0.25, -0.2) is 0 Å². The van der Waals surface area contributed by atoms with Gasteiger partial charge in [0.2, 0.25) is 6.29 Å². The van der Waals surface area contributed by atoms with E-state index in [1.807, 2.05) is 18.2 Å². The third kappa shape index (κ3) is 17.3. The molecule has 0 amide bonds. The maximum atomic E-state index is 9.70. The lowest BCUT2D eigenvalue weighted by atomic mass is 10.3. The van der Waals surface area contributed by atoms with Crippen molar-refractivity contribution in [3.63, 3.8) is 0 Å². The zero-order valence-electron chi connectivity index (χ0n) is 16.9. The van der Waals surface area contributed by atoms with Crippen LogP contribution in [0.5, 0.6) is 5.75 Å². The van der Waals surface area contributed by atoms with Crippen molar-refractivity contribution in [1.29, 1.82) is 0 Å². The van der Waals surface area contributed by atoms with E-state index >= 15 is 0 Å². The highest BCUT2D eigenvalue weighted by Crippen LogP contribution is 2.09. The molecule has 0 fully saturated rings. The Morgan fingerprint density at radius 3 is 1.45 bits per heavy atom. The maximum absolute atomic E-state index is 9.70. The standard InChI is InChI=1S/C20H34O9/c21-6-7-23-8-9-24-10-11-25-12-13-26-14-15-27-16-17-28-18-20(22)29-19-4-2-1-3-5-19/h1-5,20-22H,6-18H2. The van der Waals surface area contributed by atoms with Crippen molar-refractivity contribution >= 4 is 0 Å². The van der Waals surface area contributed by atoms with E-state index in [4.69, 9.17) is 38.3 Å². The van der Waals surface area contributed by atoms with Crippen LogP contribution in [0.2, 0.25) is 0 Å². The normalized spacial score (nSPS) is 12.2. The number of aliphatic hydroxyl groups is 2. The Morgan fingerprint density at radius 2 is 1.00 bits per heavy atom. The van der Waals surface area contributed by atoms with Gasteiger partial charge < -0.3 is 43.4 Å². The van der Waals surface area contributed by atoms with E-state index in [1.165, 1.54) is 0 Å². The molecule has 0 aliphatic carbocycles. The van der Waals surface area contributed by atoms with Crippen LogP contribution in [0.4, 0.5) is 0 Å². The topological polar surface area (TPSA) is 105 Å². The van der Waals surface area contributed by atoms with E-state index in [1.54, 1.807) is 12.1 Å². The quantitative estimate of drug-likeness (QED) is 0.218. The fourth-order valence-corrected chi connectivity index (χ4v) is 2.04. The number of aliphatic hydroxyl groups excluding tert-OH is 2. The van der Waals surface area contributed by atoms with Gasteiger partial charge in [0.05, 0.1) is 79.3 Å². The SMILES string of the molecule is OCCOCCOCCOCCOCCOCCOCC(O)Oc1ccccc1. The first-order valence-corrected chi connectivity index (χ1v) is 9.80. The predicted octanol–water partition coefficient (Wildman–Crippen LogP) is 0.476. The summed E-state index contributed by atoms with van der Waals surface area (Å²) in [6.45, 7) is 5.08. The minimum Gasteiger partial charge on any atom is -0.463 e. The molecule has 0 heterocycles. The van der Waals surface area contributed by atoms with E-state index in [2.05, 4.69) is 0 Å². The Kier molecular flexibility index (Phi) is 17.7. The van der Waals surface area contributed by atoms with Gasteiger partial charge in [0.1, 0.15) is 12.4 Å². The van der Waals surface area contributed by atoms with Crippen molar-refractivity contribution in [2.45, 2.75) is 6.29 Å². The summed E-state index contributed by atoms with van der Waals surface area (Å²) in [5.74, 6) is 0.595. The van der Waals surface area contributed by atoms with E-state index in [0.717, 1.165) is 0 Å². The van der Waals surface area contributed by atoms with Gasteiger partial charge >= 0.3 is 0 Å². The molecule has 1 aromatic carbocycles. The summed E-state index contributed by atoms with van der Waals surface area (Å²) in [4.78, 5) is 0. The van der Waals surface area contributed by atoms with Crippen LogP contribution < -0.4 is 4.74 Å². The number of rotatable bonds is 21. The molecule has 0 bridgehead atoms. The molecule has 9 heteroatoms. The monoisotopic (exact) mass is 418 g/mol. The minimum atomic E-state index is -1.01. The van der Waals surface area contributed by atoms with Crippen LogP contribution in [0.25, 0.3) is 0 Å². The first-order chi connectivity index (χ1) is 14.3. The number of ether oxygens (including phenoxy) is 7. The second-order valence-corrected chi connectivity index (χ2v) is 5.75. The van der Waals surface area contributed by atoms with Gasteiger partial charge in [-0.1, -0.05) is 18.2 Å². The molecule has 0 saturated heterocycles.